The van der Waals surface area contributed by atoms with Crippen LogP contribution >= 0.6 is 10.7 Å². The first-order valence-corrected chi connectivity index (χ1v) is 6.69. The molecule has 1 aromatic carbocycles. The van der Waals surface area contributed by atoms with Gasteiger partial charge in [-0.2, -0.15) is 5.26 Å². The monoisotopic (exact) mass is 330 g/mol. The van der Waals surface area contributed by atoms with Crippen LogP contribution in [0.15, 0.2) is 17.0 Å². The van der Waals surface area contributed by atoms with Crippen molar-refractivity contribution in [3.8, 4) is 11.8 Å². The maximum atomic E-state index is 12.1. The number of benzene rings is 1. The molecule has 0 aliphatic rings. The third kappa shape index (κ3) is 3.72. The molecule has 7 nitrogen and oxygen atoms in total. The molecule has 108 valence electrons. The molecular weight excluding hydrogens is 329 g/mol. The molecule has 20 heavy (non-hydrogen) atoms. The van der Waals surface area contributed by atoms with Gasteiger partial charge >= 0.3 is 12.0 Å². The highest BCUT2D eigenvalue weighted by Gasteiger charge is 2.37. The standard InChI is InChI=1S/C8H2ClF3N2O5S/c9-20(17,18)5-1-4(3-13)7(19-8(10,11)12)6(2-5)14(15)16/h1-2H. The first-order chi connectivity index (χ1) is 8.95. The number of nitriles is 1. The molecule has 0 aliphatic heterocycles. The summed E-state index contributed by atoms with van der Waals surface area (Å²) in [7, 11) is 0.455. The second kappa shape index (κ2) is 5.14. The van der Waals surface area contributed by atoms with Crippen molar-refractivity contribution in [1.29, 1.82) is 5.26 Å². The molecule has 0 amide bonds. The smallest absolute Gasteiger partial charge is 0.397 e. The molecule has 0 saturated heterocycles. The molecule has 0 saturated carbocycles. The van der Waals surface area contributed by atoms with E-state index in [0.29, 0.717) is 6.07 Å². The Bertz CT molecular complexity index is 710. The molecule has 0 radical (unpaired) electrons. The summed E-state index contributed by atoms with van der Waals surface area (Å²) in [4.78, 5) is 8.45. The van der Waals surface area contributed by atoms with Crippen molar-refractivity contribution in [2.75, 3.05) is 0 Å². The lowest BCUT2D eigenvalue weighted by atomic mass is 10.2. The number of nitrogens with zero attached hydrogens (tertiary/aromatic N) is 2. The van der Waals surface area contributed by atoms with Crippen molar-refractivity contribution in [2.45, 2.75) is 11.3 Å². The Labute approximate surface area is 113 Å². The van der Waals surface area contributed by atoms with Gasteiger partial charge in [0.25, 0.3) is 9.05 Å². The van der Waals surface area contributed by atoms with Crippen molar-refractivity contribution in [2.24, 2.45) is 0 Å². The molecule has 1 aromatic rings. The van der Waals surface area contributed by atoms with Crippen LogP contribution in [0.3, 0.4) is 0 Å². The van der Waals surface area contributed by atoms with E-state index >= 15 is 0 Å². The maximum Gasteiger partial charge on any atom is 0.573 e. The second-order valence-electron chi connectivity index (χ2n) is 3.17. The van der Waals surface area contributed by atoms with Gasteiger partial charge in [0.1, 0.15) is 11.6 Å². The van der Waals surface area contributed by atoms with Crippen LogP contribution in [-0.4, -0.2) is 19.7 Å². The number of hydrogen-bond acceptors (Lipinski definition) is 6. The molecular formula is C8H2ClF3N2O5S. The van der Waals surface area contributed by atoms with Crippen molar-refractivity contribution >= 4 is 25.4 Å². The van der Waals surface area contributed by atoms with Crippen LogP contribution in [0.4, 0.5) is 18.9 Å². The average Bonchev–Trinajstić information content (AvgIpc) is 2.25. The van der Waals surface area contributed by atoms with Crippen LogP contribution < -0.4 is 4.74 Å². The lowest BCUT2D eigenvalue weighted by Gasteiger charge is -2.11. The Morgan fingerprint density at radius 1 is 1.40 bits per heavy atom. The SMILES string of the molecule is N#Cc1cc(S(=O)(=O)Cl)cc([N+](=O)[O-])c1OC(F)(F)F. The maximum absolute atomic E-state index is 12.1. The topological polar surface area (TPSA) is 110 Å². The Kier molecular flexibility index (Phi) is 4.11. The van der Waals surface area contributed by atoms with Gasteiger partial charge in [-0.25, -0.2) is 8.42 Å². The summed E-state index contributed by atoms with van der Waals surface area (Å²) in [5.41, 5.74) is -2.34. The number of nitro groups is 1. The molecule has 0 spiro atoms. The van der Waals surface area contributed by atoms with Gasteiger partial charge in [-0.3, -0.25) is 10.1 Å². The zero-order valence-electron chi connectivity index (χ0n) is 9.01. The molecule has 0 fully saturated rings. The fourth-order valence-electron chi connectivity index (χ4n) is 1.17. The minimum atomic E-state index is -5.29. The Morgan fingerprint density at radius 3 is 2.30 bits per heavy atom. The third-order valence-corrected chi connectivity index (χ3v) is 3.19. The number of nitro benzene ring substituents is 1. The number of ether oxygens (including phenoxy) is 1. The van der Waals surface area contributed by atoms with E-state index in [-0.39, 0.29) is 6.07 Å². The summed E-state index contributed by atoms with van der Waals surface area (Å²) in [6, 6.07) is 1.88. The fourth-order valence-corrected chi connectivity index (χ4v) is 1.95. The van der Waals surface area contributed by atoms with Crippen molar-refractivity contribution in [1.82, 2.24) is 0 Å². The zero-order valence-corrected chi connectivity index (χ0v) is 10.6. The molecule has 0 atom stereocenters. The quantitative estimate of drug-likeness (QED) is 0.477. The average molecular weight is 331 g/mol. The lowest BCUT2D eigenvalue weighted by molar-refractivity contribution is -0.388. The van der Waals surface area contributed by atoms with Gasteiger partial charge in [0.05, 0.1) is 9.82 Å². The van der Waals surface area contributed by atoms with Crippen LogP contribution in [0.5, 0.6) is 5.75 Å². The van der Waals surface area contributed by atoms with Gasteiger partial charge < -0.3 is 4.74 Å². The van der Waals surface area contributed by atoms with Crippen LogP contribution in [-0.2, 0) is 9.05 Å². The molecule has 12 heteroatoms. The molecule has 0 bridgehead atoms. The molecule has 0 N–H and O–H groups in total. The lowest BCUT2D eigenvalue weighted by Crippen LogP contribution is -2.19. The highest BCUT2D eigenvalue weighted by molar-refractivity contribution is 8.13. The van der Waals surface area contributed by atoms with E-state index in [1.807, 2.05) is 0 Å². The second-order valence-corrected chi connectivity index (χ2v) is 5.74. The summed E-state index contributed by atoms with van der Waals surface area (Å²) in [6.45, 7) is 0. The first-order valence-electron chi connectivity index (χ1n) is 4.38. The van der Waals surface area contributed by atoms with E-state index in [2.05, 4.69) is 4.74 Å². The van der Waals surface area contributed by atoms with Crippen LogP contribution in [0.1, 0.15) is 5.56 Å². The van der Waals surface area contributed by atoms with Crippen molar-refractivity contribution < 1.29 is 31.2 Å². The Morgan fingerprint density at radius 2 is 1.95 bits per heavy atom. The summed E-state index contributed by atoms with van der Waals surface area (Å²) in [5, 5.41) is 19.3. The van der Waals surface area contributed by atoms with Crippen LogP contribution in [0.25, 0.3) is 0 Å². The van der Waals surface area contributed by atoms with E-state index < -0.39 is 42.2 Å². The van der Waals surface area contributed by atoms with Gasteiger partial charge in [0, 0.05) is 16.7 Å². The number of hydrogen-bond donors (Lipinski definition) is 0. The Hall–Kier alpha value is -2.06. The van der Waals surface area contributed by atoms with Gasteiger partial charge in [0.2, 0.25) is 5.75 Å². The van der Waals surface area contributed by atoms with Crippen LogP contribution in [0, 0.1) is 21.4 Å². The highest BCUT2D eigenvalue weighted by Crippen LogP contribution is 2.37. The first kappa shape index (κ1) is 16.0. The highest BCUT2D eigenvalue weighted by atomic mass is 35.7. The largest absolute Gasteiger partial charge is 0.573 e. The number of alkyl halides is 3. The van der Waals surface area contributed by atoms with Gasteiger partial charge in [-0.1, -0.05) is 0 Å². The van der Waals surface area contributed by atoms with E-state index in [9.17, 15) is 31.7 Å². The van der Waals surface area contributed by atoms with E-state index in [0.717, 1.165) is 0 Å². The van der Waals surface area contributed by atoms with E-state index in [4.69, 9.17) is 15.9 Å². The minimum Gasteiger partial charge on any atom is -0.397 e. The molecule has 0 aromatic heterocycles. The Balaban J connectivity index is 3.67. The summed E-state index contributed by atoms with van der Waals surface area (Å²) in [5.74, 6) is -1.41. The molecule has 1 rings (SSSR count). The minimum absolute atomic E-state index is 0.268. The van der Waals surface area contributed by atoms with Crippen molar-refractivity contribution in [3.63, 3.8) is 0 Å². The summed E-state index contributed by atoms with van der Waals surface area (Å²) >= 11 is 0. The van der Waals surface area contributed by atoms with Crippen molar-refractivity contribution in [3.05, 3.63) is 27.8 Å². The molecule has 0 aliphatic carbocycles. The van der Waals surface area contributed by atoms with Gasteiger partial charge in [-0.05, 0) is 6.07 Å². The predicted molar refractivity (Wildman–Crippen MR) is 57.5 cm³/mol. The normalized spacial score (nSPS) is 11.8. The van der Waals surface area contributed by atoms with E-state index in [1.165, 1.54) is 6.07 Å². The third-order valence-electron chi connectivity index (χ3n) is 1.86. The summed E-state index contributed by atoms with van der Waals surface area (Å²) in [6.07, 6.45) is -5.29. The molecule has 0 heterocycles. The number of halogens is 4. The predicted octanol–water partition coefficient (Wildman–Crippen LogP) is 2.29. The van der Waals surface area contributed by atoms with Crippen LogP contribution in [0.2, 0.25) is 0 Å². The van der Waals surface area contributed by atoms with Gasteiger partial charge in [-0.15, -0.1) is 13.2 Å². The van der Waals surface area contributed by atoms with E-state index in [1.54, 1.807) is 0 Å². The zero-order chi connectivity index (χ0) is 15.7. The number of rotatable bonds is 3. The summed E-state index contributed by atoms with van der Waals surface area (Å²) < 4.78 is 61.9. The fraction of sp³-hybridized carbons (Fsp3) is 0.125. The molecule has 0 unspecified atom stereocenters. The van der Waals surface area contributed by atoms with Gasteiger partial charge in [0.15, 0.2) is 0 Å².